The summed E-state index contributed by atoms with van der Waals surface area (Å²) < 4.78 is 26.9. The van der Waals surface area contributed by atoms with Crippen molar-refractivity contribution in [2.75, 3.05) is 14.1 Å². The fraction of sp³-hybridized carbons (Fsp3) is 0.105. The molecule has 144 valence electrons. The minimum atomic E-state index is -1.09. The SMILES string of the molecule is CNC(=O)c1cccc(/C(N)=C(\NC)c2nc3cc(F)c(F)cc3[nH]c2=O)c1. The van der Waals surface area contributed by atoms with Crippen LogP contribution in [0, 0.1) is 11.6 Å². The third-order valence-electron chi connectivity index (χ3n) is 4.15. The highest BCUT2D eigenvalue weighted by Gasteiger charge is 2.16. The van der Waals surface area contributed by atoms with Crippen LogP contribution in [0.25, 0.3) is 22.4 Å². The first-order valence-corrected chi connectivity index (χ1v) is 8.25. The van der Waals surface area contributed by atoms with E-state index in [1.165, 1.54) is 7.05 Å². The first kappa shape index (κ1) is 19.0. The molecule has 1 aromatic heterocycles. The van der Waals surface area contributed by atoms with Crippen molar-refractivity contribution in [2.24, 2.45) is 5.73 Å². The van der Waals surface area contributed by atoms with E-state index >= 15 is 0 Å². The van der Waals surface area contributed by atoms with Crippen LogP contribution in [0.4, 0.5) is 8.78 Å². The van der Waals surface area contributed by atoms with E-state index in [-0.39, 0.29) is 34.0 Å². The van der Waals surface area contributed by atoms with Gasteiger partial charge in [0.25, 0.3) is 11.5 Å². The van der Waals surface area contributed by atoms with Gasteiger partial charge in [0.1, 0.15) is 0 Å². The smallest absolute Gasteiger partial charge is 0.276 e. The molecule has 0 aliphatic rings. The molecule has 0 bridgehead atoms. The van der Waals surface area contributed by atoms with Crippen molar-refractivity contribution in [1.82, 2.24) is 20.6 Å². The van der Waals surface area contributed by atoms with E-state index in [1.54, 1.807) is 31.3 Å². The Labute approximate surface area is 158 Å². The molecule has 7 nitrogen and oxygen atoms in total. The lowest BCUT2D eigenvalue weighted by molar-refractivity contribution is 0.0963. The molecule has 5 N–H and O–H groups in total. The molecule has 0 atom stereocenters. The number of carbonyl (C=O) groups is 1. The first-order valence-electron chi connectivity index (χ1n) is 8.25. The Bertz CT molecular complexity index is 1170. The zero-order chi connectivity index (χ0) is 20.4. The Hall–Kier alpha value is -3.75. The van der Waals surface area contributed by atoms with Gasteiger partial charge in [0.15, 0.2) is 17.3 Å². The molecule has 0 unspecified atom stereocenters. The Kier molecular flexibility index (Phi) is 5.08. The first-order chi connectivity index (χ1) is 13.3. The maximum Gasteiger partial charge on any atom is 0.276 e. The summed E-state index contributed by atoms with van der Waals surface area (Å²) >= 11 is 0. The number of aromatic amines is 1. The van der Waals surface area contributed by atoms with Crippen LogP contribution in [-0.2, 0) is 0 Å². The van der Waals surface area contributed by atoms with Gasteiger partial charge in [-0.15, -0.1) is 0 Å². The van der Waals surface area contributed by atoms with Gasteiger partial charge in [0.2, 0.25) is 0 Å². The second kappa shape index (κ2) is 7.47. The second-order valence-corrected chi connectivity index (χ2v) is 5.90. The molecule has 1 amide bonds. The molecule has 28 heavy (non-hydrogen) atoms. The van der Waals surface area contributed by atoms with Crippen molar-refractivity contribution in [3.05, 3.63) is 75.2 Å². The van der Waals surface area contributed by atoms with Crippen LogP contribution in [-0.4, -0.2) is 30.0 Å². The van der Waals surface area contributed by atoms with Crippen LogP contribution >= 0.6 is 0 Å². The van der Waals surface area contributed by atoms with Crippen molar-refractivity contribution in [3.8, 4) is 0 Å². The van der Waals surface area contributed by atoms with Crippen molar-refractivity contribution in [3.63, 3.8) is 0 Å². The zero-order valence-electron chi connectivity index (χ0n) is 15.1. The van der Waals surface area contributed by atoms with E-state index < -0.39 is 17.2 Å². The molecule has 2 aromatic carbocycles. The standard InChI is InChI=1S/C19H17F2N5O2/c1-23-16(15(22)9-4-3-5-10(6-9)18(27)24-2)17-19(28)26-14-8-12(21)11(20)7-13(14)25-17/h3-8,23H,22H2,1-2H3,(H,24,27)(H,26,28)/b16-15+. The third-order valence-corrected chi connectivity index (χ3v) is 4.15. The summed E-state index contributed by atoms with van der Waals surface area (Å²) in [6.45, 7) is 0. The maximum atomic E-state index is 13.5. The Balaban J connectivity index is 2.19. The highest BCUT2D eigenvalue weighted by atomic mass is 19.2. The minimum Gasteiger partial charge on any atom is -0.396 e. The summed E-state index contributed by atoms with van der Waals surface area (Å²) in [6.07, 6.45) is 0. The Morgan fingerprint density at radius 2 is 1.75 bits per heavy atom. The summed E-state index contributed by atoms with van der Waals surface area (Å²) in [4.78, 5) is 30.9. The molecule has 3 aromatic rings. The van der Waals surface area contributed by atoms with Gasteiger partial charge >= 0.3 is 0 Å². The number of rotatable bonds is 4. The maximum absolute atomic E-state index is 13.5. The predicted molar refractivity (Wildman–Crippen MR) is 102 cm³/mol. The van der Waals surface area contributed by atoms with E-state index in [4.69, 9.17) is 5.73 Å². The van der Waals surface area contributed by atoms with Crippen molar-refractivity contribution < 1.29 is 13.6 Å². The van der Waals surface area contributed by atoms with Gasteiger partial charge in [0, 0.05) is 37.4 Å². The summed E-state index contributed by atoms with van der Waals surface area (Å²) in [5.74, 6) is -2.47. The quantitative estimate of drug-likeness (QED) is 0.545. The highest BCUT2D eigenvalue weighted by Crippen LogP contribution is 2.20. The average Bonchev–Trinajstić information content (AvgIpc) is 2.69. The molecule has 0 fully saturated rings. The number of nitrogens with two attached hydrogens (primary N) is 1. The molecule has 0 radical (unpaired) electrons. The van der Waals surface area contributed by atoms with Crippen molar-refractivity contribution >= 4 is 28.3 Å². The average molecular weight is 385 g/mol. The number of nitrogens with zero attached hydrogens (tertiary/aromatic N) is 1. The Morgan fingerprint density at radius 1 is 1.07 bits per heavy atom. The van der Waals surface area contributed by atoms with Gasteiger partial charge in [-0.3, -0.25) is 9.59 Å². The number of H-pyrrole nitrogens is 1. The van der Waals surface area contributed by atoms with E-state index in [2.05, 4.69) is 20.6 Å². The number of carbonyl (C=O) groups excluding carboxylic acids is 1. The minimum absolute atomic E-state index is 0.0586. The van der Waals surface area contributed by atoms with Gasteiger partial charge in [-0.2, -0.15) is 0 Å². The fourth-order valence-corrected chi connectivity index (χ4v) is 2.75. The molecule has 0 saturated carbocycles. The molecular weight excluding hydrogens is 368 g/mol. The summed E-state index contributed by atoms with van der Waals surface area (Å²) in [5.41, 5.74) is 6.83. The second-order valence-electron chi connectivity index (χ2n) is 5.90. The van der Waals surface area contributed by atoms with Gasteiger partial charge < -0.3 is 21.4 Å². The van der Waals surface area contributed by atoms with E-state index in [1.807, 2.05) is 0 Å². The van der Waals surface area contributed by atoms with Crippen LogP contribution in [0.1, 0.15) is 21.6 Å². The van der Waals surface area contributed by atoms with Crippen LogP contribution in [0.15, 0.2) is 41.2 Å². The predicted octanol–water partition coefficient (Wildman–Crippen LogP) is 1.56. The molecule has 0 aliphatic heterocycles. The molecule has 0 saturated heterocycles. The van der Waals surface area contributed by atoms with Crippen LogP contribution in [0.5, 0.6) is 0 Å². The molecule has 0 aliphatic carbocycles. The van der Waals surface area contributed by atoms with E-state index in [0.717, 1.165) is 12.1 Å². The van der Waals surface area contributed by atoms with Crippen LogP contribution in [0.3, 0.4) is 0 Å². The fourth-order valence-electron chi connectivity index (χ4n) is 2.75. The third kappa shape index (κ3) is 3.41. The number of hydrogen-bond donors (Lipinski definition) is 4. The van der Waals surface area contributed by atoms with Crippen molar-refractivity contribution in [1.29, 1.82) is 0 Å². The largest absolute Gasteiger partial charge is 0.396 e. The van der Waals surface area contributed by atoms with Crippen LogP contribution < -0.4 is 21.9 Å². The monoisotopic (exact) mass is 385 g/mol. The summed E-state index contributed by atoms with van der Waals surface area (Å²) in [7, 11) is 3.05. The Morgan fingerprint density at radius 3 is 2.43 bits per heavy atom. The van der Waals surface area contributed by atoms with Crippen molar-refractivity contribution in [2.45, 2.75) is 0 Å². The summed E-state index contributed by atoms with van der Waals surface area (Å²) in [5, 5.41) is 5.33. The molecular formula is C19H17F2N5O2. The normalized spacial score (nSPS) is 11.9. The number of halogens is 2. The lowest BCUT2D eigenvalue weighted by Gasteiger charge is -2.12. The number of benzene rings is 2. The lowest BCUT2D eigenvalue weighted by atomic mass is 10.1. The van der Waals surface area contributed by atoms with Crippen LogP contribution in [0.2, 0.25) is 0 Å². The molecule has 3 rings (SSSR count). The zero-order valence-corrected chi connectivity index (χ0v) is 15.1. The number of aromatic nitrogens is 2. The number of fused-ring (bicyclic) bond motifs is 1. The molecule has 1 heterocycles. The van der Waals surface area contributed by atoms with E-state index in [9.17, 15) is 18.4 Å². The highest BCUT2D eigenvalue weighted by molar-refractivity contribution is 5.96. The number of nitrogens with one attached hydrogen (secondary N) is 3. The number of hydrogen-bond acceptors (Lipinski definition) is 5. The van der Waals surface area contributed by atoms with Gasteiger partial charge in [-0.25, -0.2) is 13.8 Å². The lowest BCUT2D eigenvalue weighted by Crippen LogP contribution is -2.23. The van der Waals surface area contributed by atoms with Gasteiger partial charge in [-0.1, -0.05) is 12.1 Å². The topological polar surface area (TPSA) is 113 Å². The molecule has 0 spiro atoms. The van der Waals surface area contributed by atoms with E-state index in [0.29, 0.717) is 11.1 Å². The van der Waals surface area contributed by atoms with Gasteiger partial charge in [-0.05, 0) is 12.1 Å². The number of amides is 1. The van der Waals surface area contributed by atoms with Gasteiger partial charge in [0.05, 0.1) is 22.4 Å². The summed E-state index contributed by atoms with van der Waals surface area (Å²) in [6, 6.07) is 8.25. The molecule has 9 heteroatoms.